The number of hydrogen-bond donors (Lipinski definition) is 3. The summed E-state index contributed by atoms with van der Waals surface area (Å²) in [6.45, 7) is 4.20. The highest BCUT2D eigenvalue weighted by Crippen LogP contribution is 2.05. The molecule has 1 unspecified atom stereocenters. The smallest absolute Gasteiger partial charge is 0.191 e. The Balaban J connectivity index is 1.67. The van der Waals surface area contributed by atoms with Crippen molar-refractivity contribution in [3.63, 3.8) is 0 Å². The lowest BCUT2D eigenvalue weighted by molar-refractivity contribution is 0.397. The maximum atomic E-state index is 4.38. The van der Waals surface area contributed by atoms with Crippen LogP contribution in [0.5, 0.6) is 0 Å². The van der Waals surface area contributed by atoms with Crippen molar-refractivity contribution in [2.75, 3.05) is 26.2 Å². The lowest BCUT2D eigenvalue weighted by Crippen LogP contribution is -2.48. The van der Waals surface area contributed by atoms with Gasteiger partial charge in [0.1, 0.15) is 0 Å². The molecule has 0 saturated carbocycles. The lowest BCUT2D eigenvalue weighted by Gasteiger charge is -2.25. The zero-order valence-corrected chi connectivity index (χ0v) is 8.68. The van der Waals surface area contributed by atoms with E-state index in [9.17, 15) is 0 Å². The van der Waals surface area contributed by atoms with Gasteiger partial charge >= 0.3 is 0 Å². The predicted molar refractivity (Wildman–Crippen MR) is 58.6 cm³/mol. The third-order valence-electron chi connectivity index (χ3n) is 2.83. The van der Waals surface area contributed by atoms with Crippen molar-refractivity contribution in [1.29, 1.82) is 0 Å². The normalized spacial score (nSPS) is 27.7. The second kappa shape index (κ2) is 5.20. The molecule has 0 bridgehead atoms. The molecule has 0 amide bonds. The van der Waals surface area contributed by atoms with E-state index in [1.807, 2.05) is 0 Å². The van der Waals surface area contributed by atoms with Crippen LogP contribution in [0.25, 0.3) is 0 Å². The first-order valence-electron chi connectivity index (χ1n) is 5.71. The maximum Gasteiger partial charge on any atom is 0.191 e. The van der Waals surface area contributed by atoms with Crippen LogP contribution in [0.15, 0.2) is 4.99 Å². The molecule has 3 N–H and O–H groups in total. The molecule has 0 aromatic heterocycles. The summed E-state index contributed by atoms with van der Waals surface area (Å²) in [5, 5.41) is 10.2. The number of guanidine groups is 1. The van der Waals surface area contributed by atoms with Crippen LogP contribution in [0.3, 0.4) is 0 Å². The van der Waals surface area contributed by atoms with Crippen molar-refractivity contribution in [2.24, 2.45) is 4.99 Å². The first-order valence-corrected chi connectivity index (χ1v) is 5.71. The van der Waals surface area contributed by atoms with Crippen LogP contribution < -0.4 is 16.0 Å². The lowest BCUT2D eigenvalue weighted by atomic mass is 10.1. The van der Waals surface area contributed by atoms with Crippen molar-refractivity contribution >= 4 is 5.96 Å². The van der Waals surface area contributed by atoms with Gasteiger partial charge in [-0.1, -0.05) is 6.42 Å². The molecule has 0 radical (unpaired) electrons. The minimum Gasteiger partial charge on any atom is -0.356 e. The number of piperidine rings is 1. The number of hydrogen-bond acceptors (Lipinski definition) is 4. The highest BCUT2D eigenvalue weighted by molar-refractivity contribution is 5.80. The molecule has 2 heterocycles. The van der Waals surface area contributed by atoms with Crippen LogP contribution in [0.1, 0.15) is 25.7 Å². The fourth-order valence-corrected chi connectivity index (χ4v) is 1.97. The van der Waals surface area contributed by atoms with Crippen molar-refractivity contribution in [2.45, 2.75) is 31.7 Å². The van der Waals surface area contributed by atoms with E-state index >= 15 is 0 Å². The van der Waals surface area contributed by atoms with Crippen LogP contribution >= 0.6 is 0 Å². The molecule has 4 nitrogen and oxygen atoms in total. The molecule has 80 valence electrons. The minimum absolute atomic E-state index is 0.634. The summed E-state index contributed by atoms with van der Waals surface area (Å²) in [6.07, 6.45) is 5.14. The van der Waals surface area contributed by atoms with Crippen LogP contribution in [0, 0.1) is 0 Å². The molecule has 2 aliphatic heterocycles. The molecule has 2 aliphatic rings. The van der Waals surface area contributed by atoms with Crippen molar-refractivity contribution in [3.8, 4) is 0 Å². The van der Waals surface area contributed by atoms with Gasteiger partial charge < -0.3 is 16.0 Å². The molecular weight excluding hydrogens is 176 g/mol. The molecule has 0 spiro atoms. The molecule has 4 heteroatoms. The number of nitrogens with zero attached hydrogens (tertiary/aromatic N) is 1. The summed E-state index contributed by atoms with van der Waals surface area (Å²) in [7, 11) is 0. The second-order valence-electron chi connectivity index (χ2n) is 4.04. The Morgan fingerprint density at radius 1 is 1.29 bits per heavy atom. The van der Waals surface area contributed by atoms with Crippen LogP contribution in [-0.2, 0) is 0 Å². The highest BCUT2D eigenvalue weighted by Gasteiger charge is 2.12. The van der Waals surface area contributed by atoms with Gasteiger partial charge in [-0.15, -0.1) is 0 Å². The van der Waals surface area contributed by atoms with Gasteiger partial charge in [-0.05, 0) is 25.8 Å². The molecule has 2 rings (SSSR count). The number of rotatable bonds is 2. The summed E-state index contributed by atoms with van der Waals surface area (Å²) in [6, 6.07) is 0.634. The van der Waals surface area contributed by atoms with Crippen LogP contribution in [-0.4, -0.2) is 38.2 Å². The summed E-state index contributed by atoms with van der Waals surface area (Å²) in [5.41, 5.74) is 0. The van der Waals surface area contributed by atoms with Gasteiger partial charge in [0.05, 0.1) is 0 Å². The molecule has 14 heavy (non-hydrogen) atoms. The second-order valence-corrected chi connectivity index (χ2v) is 4.04. The predicted octanol–water partition coefficient (Wildman–Crippen LogP) is 0.0674. The largest absolute Gasteiger partial charge is 0.356 e. The Bertz CT molecular complexity index is 196. The number of nitrogens with one attached hydrogen (secondary N) is 3. The Hall–Kier alpha value is -0.770. The third kappa shape index (κ3) is 2.87. The van der Waals surface area contributed by atoms with Gasteiger partial charge in [0, 0.05) is 25.7 Å². The van der Waals surface area contributed by atoms with Gasteiger partial charge in [0.15, 0.2) is 5.96 Å². The monoisotopic (exact) mass is 196 g/mol. The Labute approximate surface area is 85.6 Å². The van der Waals surface area contributed by atoms with E-state index < -0.39 is 0 Å². The van der Waals surface area contributed by atoms with E-state index in [4.69, 9.17) is 0 Å². The Morgan fingerprint density at radius 2 is 2.29 bits per heavy atom. The SMILES string of the molecule is C1CN=C(NCC2CCCCN2)NC1. The highest BCUT2D eigenvalue weighted by atomic mass is 15.2. The van der Waals surface area contributed by atoms with Crippen molar-refractivity contribution in [1.82, 2.24) is 16.0 Å². The van der Waals surface area contributed by atoms with Gasteiger partial charge in [0.25, 0.3) is 0 Å². The topological polar surface area (TPSA) is 48.5 Å². The number of aliphatic imine (C=N–C) groups is 1. The summed E-state index contributed by atoms with van der Waals surface area (Å²) < 4.78 is 0. The fourth-order valence-electron chi connectivity index (χ4n) is 1.97. The fraction of sp³-hybridized carbons (Fsp3) is 0.900. The van der Waals surface area contributed by atoms with Gasteiger partial charge in [0.2, 0.25) is 0 Å². The minimum atomic E-state index is 0.634. The standard InChI is InChI=1S/C10H20N4/c1-2-5-11-9(4-1)8-14-10-12-6-3-7-13-10/h9,11H,1-8H2,(H2,12,13,14). The van der Waals surface area contributed by atoms with Gasteiger partial charge in [-0.25, -0.2) is 0 Å². The summed E-state index contributed by atoms with van der Waals surface area (Å²) >= 11 is 0. The zero-order chi connectivity index (χ0) is 9.64. The molecule has 0 aromatic carbocycles. The molecule has 1 atom stereocenters. The zero-order valence-electron chi connectivity index (χ0n) is 8.68. The van der Waals surface area contributed by atoms with E-state index in [1.54, 1.807) is 0 Å². The van der Waals surface area contributed by atoms with E-state index in [-0.39, 0.29) is 0 Å². The quantitative estimate of drug-likeness (QED) is 0.585. The molecule has 1 fully saturated rings. The van der Waals surface area contributed by atoms with Crippen molar-refractivity contribution in [3.05, 3.63) is 0 Å². The first kappa shape index (κ1) is 9.77. The van der Waals surface area contributed by atoms with Crippen LogP contribution in [0.4, 0.5) is 0 Å². The maximum absolute atomic E-state index is 4.38. The van der Waals surface area contributed by atoms with E-state index in [0.29, 0.717) is 6.04 Å². The molecular formula is C10H20N4. The molecule has 1 saturated heterocycles. The average Bonchev–Trinajstić information content (AvgIpc) is 2.29. The average molecular weight is 196 g/mol. The van der Waals surface area contributed by atoms with E-state index in [2.05, 4.69) is 20.9 Å². The summed E-state index contributed by atoms with van der Waals surface area (Å²) in [5.74, 6) is 0.989. The molecule has 0 aliphatic carbocycles. The molecule has 0 aromatic rings. The van der Waals surface area contributed by atoms with Gasteiger partial charge in [-0.2, -0.15) is 0 Å². The third-order valence-corrected chi connectivity index (χ3v) is 2.83. The Kier molecular flexibility index (Phi) is 3.63. The van der Waals surface area contributed by atoms with Gasteiger partial charge in [-0.3, -0.25) is 4.99 Å². The van der Waals surface area contributed by atoms with Crippen molar-refractivity contribution < 1.29 is 0 Å². The summed E-state index contributed by atoms with van der Waals surface area (Å²) in [4.78, 5) is 4.38. The van der Waals surface area contributed by atoms with E-state index in [0.717, 1.165) is 32.0 Å². The van der Waals surface area contributed by atoms with E-state index in [1.165, 1.54) is 25.8 Å². The Morgan fingerprint density at radius 3 is 3.00 bits per heavy atom. The first-order chi connectivity index (χ1) is 6.95. The van der Waals surface area contributed by atoms with Crippen LogP contribution in [0.2, 0.25) is 0 Å².